The number of anilines is 2. The van der Waals surface area contributed by atoms with Crippen molar-refractivity contribution in [3.05, 3.63) is 24.3 Å². The predicted molar refractivity (Wildman–Crippen MR) is 83.5 cm³/mol. The highest BCUT2D eigenvalue weighted by Gasteiger charge is 2.15. The molecule has 0 saturated carbocycles. The Morgan fingerprint density at radius 2 is 1.67 bits per heavy atom. The van der Waals surface area contributed by atoms with Crippen LogP contribution in [0.2, 0.25) is 0 Å². The Labute approximate surface area is 125 Å². The van der Waals surface area contributed by atoms with Crippen molar-refractivity contribution in [2.45, 2.75) is 6.92 Å². The number of hydrogen-bond donors (Lipinski definition) is 2. The smallest absolute Gasteiger partial charge is 0.313 e. The zero-order valence-electron chi connectivity index (χ0n) is 12.6. The van der Waals surface area contributed by atoms with Crippen molar-refractivity contribution in [2.75, 3.05) is 50.0 Å². The van der Waals surface area contributed by atoms with Crippen LogP contribution in [-0.4, -0.2) is 56.5 Å². The van der Waals surface area contributed by atoms with Crippen LogP contribution in [-0.2, 0) is 9.59 Å². The van der Waals surface area contributed by atoms with Crippen molar-refractivity contribution in [1.29, 1.82) is 0 Å². The van der Waals surface area contributed by atoms with Crippen LogP contribution >= 0.6 is 0 Å². The van der Waals surface area contributed by atoms with E-state index < -0.39 is 11.8 Å². The average molecular weight is 290 g/mol. The van der Waals surface area contributed by atoms with Gasteiger partial charge >= 0.3 is 11.8 Å². The summed E-state index contributed by atoms with van der Waals surface area (Å²) in [5.74, 6) is -1.25. The third-order valence-electron chi connectivity index (χ3n) is 3.54. The normalized spacial score (nSPS) is 15.6. The third-order valence-corrected chi connectivity index (χ3v) is 3.54. The number of hydrogen-bond acceptors (Lipinski definition) is 4. The van der Waals surface area contributed by atoms with E-state index in [4.69, 9.17) is 0 Å². The van der Waals surface area contributed by atoms with Gasteiger partial charge < -0.3 is 20.4 Å². The zero-order chi connectivity index (χ0) is 15.2. The van der Waals surface area contributed by atoms with E-state index in [2.05, 4.69) is 27.5 Å². The quantitative estimate of drug-likeness (QED) is 0.796. The SMILES string of the molecule is CCNC(=O)C(=O)Nc1ccc(N2CCN(C)CC2)cc1. The fraction of sp³-hybridized carbons (Fsp3) is 0.467. The molecular weight excluding hydrogens is 268 g/mol. The summed E-state index contributed by atoms with van der Waals surface area (Å²) in [6.07, 6.45) is 0. The largest absolute Gasteiger partial charge is 0.369 e. The van der Waals surface area contributed by atoms with Crippen molar-refractivity contribution in [1.82, 2.24) is 10.2 Å². The monoisotopic (exact) mass is 290 g/mol. The van der Waals surface area contributed by atoms with Crippen molar-refractivity contribution in [3.8, 4) is 0 Å². The van der Waals surface area contributed by atoms with Gasteiger partial charge in [-0.1, -0.05) is 0 Å². The summed E-state index contributed by atoms with van der Waals surface area (Å²) in [5.41, 5.74) is 1.77. The first kappa shape index (κ1) is 15.3. The molecule has 114 valence electrons. The Bertz CT molecular complexity index is 493. The third kappa shape index (κ3) is 4.19. The van der Waals surface area contributed by atoms with Gasteiger partial charge in [0.1, 0.15) is 0 Å². The molecule has 0 unspecified atom stereocenters. The Morgan fingerprint density at radius 3 is 2.24 bits per heavy atom. The second kappa shape index (κ2) is 7.08. The van der Waals surface area contributed by atoms with Gasteiger partial charge in [0.15, 0.2) is 0 Å². The van der Waals surface area contributed by atoms with Crippen LogP contribution in [0.4, 0.5) is 11.4 Å². The van der Waals surface area contributed by atoms with Crippen molar-refractivity contribution in [2.24, 2.45) is 0 Å². The van der Waals surface area contributed by atoms with E-state index in [0.717, 1.165) is 31.9 Å². The minimum Gasteiger partial charge on any atom is -0.369 e. The molecule has 1 saturated heterocycles. The van der Waals surface area contributed by atoms with E-state index in [1.165, 1.54) is 0 Å². The number of amides is 2. The van der Waals surface area contributed by atoms with Crippen LogP contribution in [0.5, 0.6) is 0 Å². The molecule has 6 nitrogen and oxygen atoms in total. The number of nitrogens with zero attached hydrogens (tertiary/aromatic N) is 2. The molecule has 6 heteroatoms. The van der Waals surface area contributed by atoms with Gasteiger partial charge in [0, 0.05) is 44.1 Å². The molecule has 21 heavy (non-hydrogen) atoms. The van der Waals surface area contributed by atoms with E-state index >= 15 is 0 Å². The summed E-state index contributed by atoms with van der Waals surface area (Å²) in [7, 11) is 2.12. The van der Waals surface area contributed by atoms with Gasteiger partial charge in [-0.2, -0.15) is 0 Å². The number of benzene rings is 1. The summed E-state index contributed by atoms with van der Waals surface area (Å²) in [6.45, 7) is 6.32. The average Bonchev–Trinajstić information content (AvgIpc) is 2.49. The highest BCUT2D eigenvalue weighted by atomic mass is 16.2. The molecule has 1 aromatic rings. The van der Waals surface area contributed by atoms with E-state index in [-0.39, 0.29) is 0 Å². The Balaban J connectivity index is 1.93. The van der Waals surface area contributed by atoms with Crippen LogP contribution in [0.25, 0.3) is 0 Å². The predicted octanol–water partition coefficient (Wildman–Crippen LogP) is 0.513. The maximum atomic E-state index is 11.6. The first-order chi connectivity index (χ1) is 10.1. The number of carbonyl (C=O) groups is 2. The first-order valence-corrected chi connectivity index (χ1v) is 7.23. The van der Waals surface area contributed by atoms with Gasteiger partial charge in [0.25, 0.3) is 0 Å². The second-order valence-corrected chi connectivity index (χ2v) is 5.15. The van der Waals surface area contributed by atoms with E-state index in [0.29, 0.717) is 12.2 Å². The lowest BCUT2D eigenvalue weighted by atomic mass is 10.2. The fourth-order valence-corrected chi connectivity index (χ4v) is 2.25. The standard InChI is InChI=1S/C15H22N4O2/c1-3-16-14(20)15(21)17-12-4-6-13(7-5-12)19-10-8-18(2)9-11-19/h4-7H,3,8-11H2,1-2H3,(H,16,20)(H,17,21). The van der Waals surface area contributed by atoms with E-state index in [1.807, 2.05) is 24.3 Å². The van der Waals surface area contributed by atoms with Crippen LogP contribution < -0.4 is 15.5 Å². The Kier molecular flexibility index (Phi) is 5.16. The summed E-state index contributed by atoms with van der Waals surface area (Å²) >= 11 is 0. The zero-order valence-corrected chi connectivity index (χ0v) is 12.6. The Hall–Kier alpha value is -2.08. The Morgan fingerprint density at radius 1 is 1.05 bits per heavy atom. The molecule has 2 rings (SSSR count). The lowest BCUT2D eigenvalue weighted by molar-refractivity contribution is -0.136. The highest BCUT2D eigenvalue weighted by molar-refractivity contribution is 6.39. The topological polar surface area (TPSA) is 64.7 Å². The van der Waals surface area contributed by atoms with Crippen LogP contribution in [0.3, 0.4) is 0 Å². The summed E-state index contributed by atoms with van der Waals surface area (Å²) in [5, 5.41) is 5.05. The molecular formula is C15H22N4O2. The maximum absolute atomic E-state index is 11.6. The lowest BCUT2D eigenvalue weighted by Crippen LogP contribution is -2.44. The molecule has 2 amide bonds. The molecule has 0 radical (unpaired) electrons. The molecule has 0 spiro atoms. The first-order valence-electron chi connectivity index (χ1n) is 7.23. The lowest BCUT2D eigenvalue weighted by Gasteiger charge is -2.34. The van der Waals surface area contributed by atoms with Crippen molar-refractivity contribution in [3.63, 3.8) is 0 Å². The molecule has 1 aliphatic rings. The van der Waals surface area contributed by atoms with Crippen LogP contribution in [0.1, 0.15) is 6.92 Å². The molecule has 1 aromatic carbocycles. The molecule has 0 atom stereocenters. The maximum Gasteiger partial charge on any atom is 0.313 e. The van der Waals surface area contributed by atoms with E-state index in [9.17, 15) is 9.59 Å². The van der Waals surface area contributed by atoms with Crippen LogP contribution in [0, 0.1) is 0 Å². The second-order valence-electron chi connectivity index (χ2n) is 5.15. The number of piperazine rings is 1. The van der Waals surface area contributed by atoms with Gasteiger partial charge in [-0.05, 0) is 38.2 Å². The number of carbonyl (C=O) groups excluding carboxylic acids is 2. The number of rotatable bonds is 3. The number of likely N-dealkylation sites (N-methyl/N-ethyl adjacent to an activating group) is 2. The molecule has 2 N–H and O–H groups in total. The highest BCUT2D eigenvalue weighted by Crippen LogP contribution is 2.19. The molecule has 1 fully saturated rings. The fourth-order valence-electron chi connectivity index (χ4n) is 2.25. The van der Waals surface area contributed by atoms with Crippen molar-refractivity contribution >= 4 is 23.2 Å². The minimum absolute atomic E-state index is 0.439. The van der Waals surface area contributed by atoms with Gasteiger partial charge in [-0.3, -0.25) is 9.59 Å². The van der Waals surface area contributed by atoms with Crippen LogP contribution in [0.15, 0.2) is 24.3 Å². The summed E-state index contributed by atoms with van der Waals surface area (Å²) in [6, 6.07) is 7.59. The molecule has 0 bridgehead atoms. The van der Waals surface area contributed by atoms with E-state index in [1.54, 1.807) is 6.92 Å². The number of nitrogens with one attached hydrogen (secondary N) is 2. The minimum atomic E-state index is -0.635. The van der Waals surface area contributed by atoms with Gasteiger partial charge in [0.05, 0.1) is 0 Å². The summed E-state index contributed by atoms with van der Waals surface area (Å²) in [4.78, 5) is 27.6. The molecule has 0 aliphatic carbocycles. The molecule has 1 aliphatic heterocycles. The summed E-state index contributed by atoms with van der Waals surface area (Å²) < 4.78 is 0. The van der Waals surface area contributed by atoms with Gasteiger partial charge in [-0.25, -0.2) is 0 Å². The molecule has 1 heterocycles. The van der Waals surface area contributed by atoms with Gasteiger partial charge in [0.2, 0.25) is 0 Å². The van der Waals surface area contributed by atoms with Crippen molar-refractivity contribution < 1.29 is 9.59 Å². The van der Waals surface area contributed by atoms with Gasteiger partial charge in [-0.15, -0.1) is 0 Å². The molecule has 0 aromatic heterocycles.